The van der Waals surface area contributed by atoms with Crippen molar-refractivity contribution in [2.24, 2.45) is 0 Å². The monoisotopic (exact) mass is 327 g/mol. The topological polar surface area (TPSA) is 48.0 Å². The van der Waals surface area contributed by atoms with Gasteiger partial charge in [-0.1, -0.05) is 24.3 Å². The molecule has 5 nitrogen and oxygen atoms in total. The summed E-state index contributed by atoms with van der Waals surface area (Å²) in [6, 6.07) is 12.7. The Labute approximate surface area is 142 Å². The maximum Gasteiger partial charge on any atom is 0.262 e. The van der Waals surface area contributed by atoms with E-state index in [9.17, 15) is 4.79 Å². The molecular formula is C19H21NO4. The van der Waals surface area contributed by atoms with Crippen molar-refractivity contribution in [1.29, 1.82) is 0 Å². The van der Waals surface area contributed by atoms with Crippen LogP contribution in [0.25, 0.3) is 0 Å². The van der Waals surface area contributed by atoms with E-state index in [4.69, 9.17) is 14.2 Å². The van der Waals surface area contributed by atoms with Crippen molar-refractivity contribution in [1.82, 2.24) is 0 Å². The van der Waals surface area contributed by atoms with Gasteiger partial charge in [-0.15, -0.1) is 6.58 Å². The Morgan fingerprint density at radius 2 is 1.58 bits per heavy atom. The largest absolute Gasteiger partial charge is 0.496 e. The van der Waals surface area contributed by atoms with Gasteiger partial charge in [0.05, 0.1) is 26.9 Å². The van der Waals surface area contributed by atoms with Gasteiger partial charge in [-0.2, -0.15) is 0 Å². The predicted octanol–water partition coefficient (Wildman–Crippen LogP) is 3.55. The van der Waals surface area contributed by atoms with Gasteiger partial charge in [-0.05, 0) is 12.1 Å². The smallest absolute Gasteiger partial charge is 0.262 e. The summed E-state index contributed by atoms with van der Waals surface area (Å²) >= 11 is 0. The summed E-state index contributed by atoms with van der Waals surface area (Å²) < 4.78 is 15.9. The second-order valence-corrected chi connectivity index (χ2v) is 4.95. The summed E-state index contributed by atoms with van der Waals surface area (Å²) in [4.78, 5) is 14.7. The number of hydrogen-bond acceptors (Lipinski definition) is 4. The molecule has 0 radical (unpaired) electrons. The number of methoxy groups -OCH3 is 3. The third-order valence-corrected chi connectivity index (χ3v) is 3.56. The molecular weight excluding hydrogens is 306 g/mol. The average Bonchev–Trinajstić information content (AvgIpc) is 2.65. The molecule has 0 fully saturated rings. The van der Waals surface area contributed by atoms with Crippen LogP contribution in [0.2, 0.25) is 0 Å². The van der Waals surface area contributed by atoms with Gasteiger partial charge >= 0.3 is 0 Å². The summed E-state index contributed by atoms with van der Waals surface area (Å²) in [6.45, 7) is 4.11. The highest BCUT2D eigenvalue weighted by atomic mass is 16.5. The number of hydrogen-bond donors (Lipinski definition) is 0. The molecule has 0 aliphatic carbocycles. The maximum absolute atomic E-state index is 13.1. The van der Waals surface area contributed by atoms with E-state index < -0.39 is 0 Å². The van der Waals surface area contributed by atoms with Crippen LogP contribution in [0.1, 0.15) is 10.4 Å². The van der Waals surface area contributed by atoms with Crippen LogP contribution in [0.4, 0.5) is 5.69 Å². The molecule has 0 spiro atoms. The van der Waals surface area contributed by atoms with Crippen molar-refractivity contribution in [3.63, 3.8) is 0 Å². The summed E-state index contributed by atoms with van der Waals surface area (Å²) in [7, 11) is 4.57. The molecule has 0 saturated heterocycles. The lowest BCUT2D eigenvalue weighted by atomic mass is 10.1. The van der Waals surface area contributed by atoms with Gasteiger partial charge in [0.15, 0.2) is 11.5 Å². The van der Waals surface area contributed by atoms with E-state index in [1.807, 2.05) is 30.3 Å². The van der Waals surface area contributed by atoms with Crippen LogP contribution < -0.4 is 19.1 Å². The fraction of sp³-hybridized carbons (Fsp3) is 0.211. The van der Waals surface area contributed by atoms with E-state index in [1.54, 1.807) is 23.1 Å². The number of anilines is 1. The molecule has 0 aliphatic rings. The second kappa shape index (κ2) is 8.06. The molecule has 2 aromatic carbocycles. The average molecular weight is 327 g/mol. The molecule has 1 amide bonds. The fourth-order valence-electron chi connectivity index (χ4n) is 2.38. The molecule has 0 N–H and O–H groups in total. The van der Waals surface area contributed by atoms with Gasteiger partial charge < -0.3 is 19.1 Å². The van der Waals surface area contributed by atoms with Crippen molar-refractivity contribution >= 4 is 11.6 Å². The molecule has 2 rings (SSSR count). The Balaban J connectivity index is 2.51. The van der Waals surface area contributed by atoms with Gasteiger partial charge in [-0.3, -0.25) is 4.79 Å². The van der Waals surface area contributed by atoms with Gasteiger partial charge in [0, 0.05) is 24.4 Å². The van der Waals surface area contributed by atoms with Gasteiger partial charge in [0.25, 0.3) is 5.91 Å². The SMILES string of the molecule is C=CCN(C(=O)c1cc(OC)c(OC)cc1OC)c1ccccc1. The van der Waals surface area contributed by atoms with Crippen molar-refractivity contribution in [2.45, 2.75) is 0 Å². The molecule has 0 aromatic heterocycles. The Bertz CT molecular complexity index is 713. The van der Waals surface area contributed by atoms with Crippen LogP contribution in [0, 0.1) is 0 Å². The quantitative estimate of drug-likeness (QED) is 0.730. The number of rotatable bonds is 7. The number of carbonyl (C=O) groups excluding carboxylic acids is 1. The lowest BCUT2D eigenvalue weighted by molar-refractivity contribution is 0.0986. The Morgan fingerprint density at radius 1 is 1.00 bits per heavy atom. The normalized spacial score (nSPS) is 9.96. The molecule has 126 valence electrons. The fourth-order valence-corrected chi connectivity index (χ4v) is 2.38. The third kappa shape index (κ3) is 3.51. The number of amides is 1. The first-order valence-corrected chi connectivity index (χ1v) is 7.44. The van der Waals surface area contributed by atoms with Gasteiger partial charge in [0.1, 0.15) is 5.75 Å². The first-order valence-electron chi connectivity index (χ1n) is 7.44. The Kier molecular flexibility index (Phi) is 5.84. The summed E-state index contributed by atoms with van der Waals surface area (Å²) in [5.41, 5.74) is 1.17. The molecule has 0 saturated carbocycles. The van der Waals surface area contributed by atoms with Crippen LogP contribution in [0.3, 0.4) is 0 Å². The zero-order valence-electron chi connectivity index (χ0n) is 14.1. The van der Waals surface area contributed by atoms with Crippen LogP contribution in [-0.4, -0.2) is 33.8 Å². The van der Waals surface area contributed by atoms with Crippen molar-refractivity contribution < 1.29 is 19.0 Å². The molecule has 5 heteroatoms. The van der Waals surface area contributed by atoms with Crippen LogP contribution in [0.15, 0.2) is 55.1 Å². The predicted molar refractivity (Wildman–Crippen MR) is 94.4 cm³/mol. The number of ether oxygens (including phenoxy) is 3. The highest BCUT2D eigenvalue weighted by molar-refractivity contribution is 6.08. The van der Waals surface area contributed by atoms with Crippen molar-refractivity contribution in [3.8, 4) is 17.2 Å². The number of carbonyl (C=O) groups is 1. The summed E-state index contributed by atoms with van der Waals surface area (Å²) in [5.74, 6) is 1.18. The highest BCUT2D eigenvalue weighted by Crippen LogP contribution is 2.35. The first kappa shape index (κ1) is 17.4. The highest BCUT2D eigenvalue weighted by Gasteiger charge is 2.23. The lowest BCUT2D eigenvalue weighted by Crippen LogP contribution is -2.31. The van der Waals surface area contributed by atoms with Crippen molar-refractivity contribution in [2.75, 3.05) is 32.8 Å². The number of para-hydroxylation sites is 1. The van der Waals surface area contributed by atoms with Gasteiger partial charge in [-0.25, -0.2) is 0 Å². The van der Waals surface area contributed by atoms with Crippen molar-refractivity contribution in [3.05, 3.63) is 60.7 Å². The van der Waals surface area contributed by atoms with E-state index in [1.165, 1.54) is 21.3 Å². The minimum atomic E-state index is -0.209. The van der Waals surface area contributed by atoms with Crippen LogP contribution >= 0.6 is 0 Å². The number of nitrogens with zero attached hydrogens (tertiary/aromatic N) is 1. The first-order chi connectivity index (χ1) is 11.7. The molecule has 0 heterocycles. The van der Waals surface area contributed by atoms with E-state index in [0.717, 1.165) is 5.69 Å². The minimum Gasteiger partial charge on any atom is -0.496 e. The third-order valence-electron chi connectivity index (χ3n) is 3.56. The zero-order chi connectivity index (χ0) is 17.5. The standard InChI is InChI=1S/C19H21NO4/c1-5-11-20(14-9-7-6-8-10-14)19(21)15-12-17(23-3)18(24-4)13-16(15)22-2/h5-10,12-13H,1,11H2,2-4H3. The minimum absolute atomic E-state index is 0.209. The number of benzene rings is 2. The molecule has 2 aromatic rings. The molecule has 24 heavy (non-hydrogen) atoms. The molecule has 0 bridgehead atoms. The van der Waals surface area contributed by atoms with Crippen LogP contribution in [0.5, 0.6) is 17.2 Å². The summed E-state index contributed by atoms with van der Waals surface area (Å²) in [5, 5.41) is 0. The van der Waals surface area contributed by atoms with Crippen LogP contribution in [-0.2, 0) is 0 Å². The van der Waals surface area contributed by atoms with E-state index in [2.05, 4.69) is 6.58 Å². The maximum atomic E-state index is 13.1. The Morgan fingerprint density at radius 3 is 2.12 bits per heavy atom. The van der Waals surface area contributed by atoms with E-state index >= 15 is 0 Å². The van der Waals surface area contributed by atoms with Gasteiger partial charge in [0.2, 0.25) is 0 Å². The Hall–Kier alpha value is -2.95. The molecule has 0 unspecified atom stereocenters. The summed E-state index contributed by atoms with van der Waals surface area (Å²) in [6.07, 6.45) is 1.68. The lowest BCUT2D eigenvalue weighted by Gasteiger charge is -2.23. The zero-order valence-corrected chi connectivity index (χ0v) is 14.1. The second-order valence-electron chi connectivity index (χ2n) is 4.95. The molecule has 0 aliphatic heterocycles. The van der Waals surface area contributed by atoms with E-state index in [-0.39, 0.29) is 5.91 Å². The van der Waals surface area contributed by atoms with E-state index in [0.29, 0.717) is 29.4 Å². The molecule has 0 atom stereocenters.